The number of carbonyl (C=O) groups excluding carboxylic acids is 1. The normalized spacial score (nSPS) is 20.1. The average Bonchev–Trinajstić information content (AvgIpc) is 3.25. The maximum atomic E-state index is 11.7. The quantitative estimate of drug-likeness (QED) is 0.813. The van der Waals surface area contributed by atoms with E-state index in [0.29, 0.717) is 17.7 Å². The van der Waals surface area contributed by atoms with Gasteiger partial charge in [0.25, 0.3) is 0 Å². The Morgan fingerprint density at radius 2 is 2.26 bits per heavy atom. The number of hydrogen-bond donors (Lipinski definition) is 1. The summed E-state index contributed by atoms with van der Waals surface area (Å²) in [5, 5.41) is 4.28. The second kappa shape index (κ2) is 4.78. The van der Waals surface area contributed by atoms with Crippen LogP contribution in [0.15, 0.2) is 0 Å². The van der Waals surface area contributed by atoms with Crippen molar-refractivity contribution in [1.29, 1.82) is 0 Å². The van der Waals surface area contributed by atoms with Crippen LogP contribution < -0.4 is 5.32 Å². The molecule has 1 N–H and O–H groups in total. The van der Waals surface area contributed by atoms with Crippen molar-refractivity contribution in [3.63, 3.8) is 0 Å². The molecule has 0 radical (unpaired) electrons. The minimum Gasteiger partial charge on any atom is -0.461 e. The molecule has 3 rings (SSSR count). The second-order valence-electron chi connectivity index (χ2n) is 5.63. The molecule has 2 aliphatic carbocycles. The van der Waals surface area contributed by atoms with Gasteiger partial charge in [0.1, 0.15) is 0 Å². The summed E-state index contributed by atoms with van der Waals surface area (Å²) in [6, 6.07) is 0. The van der Waals surface area contributed by atoms with Crippen LogP contribution in [0.5, 0.6) is 0 Å². The highest BCUT2D eigenvalue weighted by atomic mass is 32.1. The smallest absolute Gasteiger partial charge is 0.358 e. The molecular weight excluding hydrogens is 260 g/mol. The van der Waals surface area contributed by atoms with E-state index in [4.69, 9.17) is 4.74 Å². The summed E-state index contributed by atoms with van der Waals surface area (Å²) in [7, 11) is 0. The lowest BCUT2D eigenvalue weighted by Crippen LogP contribution is -2.17. The number of thiazole rings is 1. The minimum absolute atomic E-state index is 0.312. The predicted molar refractivity (Wildman–Crippen MR) is 75.7 cm³/mol. The lowest BCUT2D eigenvalue weighted by atomic mass is 10.0. The zero-order valence-corrected chi connectivity index (χ0v) is 12.3. The number of aromatic nitrogens is 1. The van der Waals surface area contributed by atoms with Crippen LogP contribution in [0.3, 0.4) is 0 Å². The molecule has 1 heterocycles. The van der Waals surface area contributed by atoms with Gasteiger partial charge in [-0.05, 0) is 50.9 Å². The molecule has 0 saturated heterocycles. The third-order valence-electron chi connectivity index (χ3n) is 4.19. The number of rotatable bonds is 6. The molecule has 0 atom stereocenters. The average molecular weight is 280 g/mol. The van der Waals surface area contributed by atoms with Crippen LogP contribution in [0.1, 0.15) is 48.0 Å². The van der Waals surface area contributed by atoms with Gasteiger partial charge in [-0.25, -0.2) is 9.78 Å². The summed E-state index contributed by atoms with van der Waals surface area (Å²) in [6.45, 7) is 5.13. The molecule has 4 nitrogen and oxygen atoms in total. The van der Waals surface area contributed by atoms with Gasteiger partial charge in [-0.15, -0.1) is 11.3 Å². The first-order valence-electron chi connectivity index (χ1n) is 7.03. The van der Waals surface area contributed by atoms with Crippen LogP contribution >= 0.6 is 11.3 Å². The highest BCUT2D eigenvalue weighted by molar-refractivity contribution is 7.15. The lowest BCUT2D eigenvalue weighted by molar-refractivity contribution is 0.0519. The van der Waals surface area contributed by atoms with Crippen molar-refractivity contribution in [2.75, 3.05) is 18.5 Å². The van der Waals surface area contributed by atoms with Crippen LogP contribution in [0.2, 0.25) is 0 Å². The summed E-state index contributed by atoms with van der Waals surface area (Å²) in [5.41, 5.74) is 1.01. The summed E-state index contributed by atoms with van der Waals surface area (Å²) in [5.74, 6) is 0.623. The summed E-state index contributed by atoms with van der Waals surface area (Å²) in [4.78, 5) is 17.0. The van der Waals surface area contributed by atoms with E-state index in [2.05, 4.69) is 10.3 Å². The SMILES string of the molecule is CCOC(=O)c1nc(NCC2(C3CC3)CC2)sc1C. The number of ether oxygens (including phenoxy) is 1. The van der Waals surface area contributed by atoms with Crippen molar-refractivity contribution in [2.45, 2.75) is 39.5 Å². The first-order chi connectivity index (χ1) is 9.14. The third kappa shape index (κ3) is 2.61. The summed E-state index contributed by atoms with van der Waals surface area (Å²) in [6.07, 6.45) is 5.48. The van der Waals surface area contributed by atoms with Gasteiger partial charge in [0.05, 0.1) is 6.61 Å². The maximum absolute atomic E-state index is 11.7. The highest BCUT2D eigenvalue weighted by Gasteiger charge is 2.53. The van der Waals surface area contributed by atoms with E-state index in [1.807, 2.05) is 13.8 Å². The number of nitrogens with one attached hydrogen (secondary N) is 1. The van der Waals surface area contributed by atoms with Crippen molar-refractivity contribution in [3.8, 4) is 0 Å². The fourth-order valence-corrected chi connectivity index (χ4v) is 3.50. The van der Waals surface area contributed by atoms with Crippen LogP contribution in [0, 0.1) is 18.3 Å². The minimum atomic E-state index is -0.312. The number of nitrogens with zero attached hydrogens (tertiary/aromatic N) is 1. The maximum Gasteiger partial charge on any atom is 0.358 e. The van der Waals surface area contributed by atoms with Gasteiger partial charge < -0.3 is 10.1 Å². The largest absolute Gasteiger partial charge is 0.461 e. The number of hydrogen-bond acceptors (Lipinski definition) is 5. The van der Waals surface area contributed by atoms with E-state index in [-0.39, 0.29) is 5.97 Å². The van der Waals surface area contributed by atoms with Gasteiger partial charge in [0.2, 0.25) is 0 Å². The Morgan fingerprint density at radius 1 is 1.53 bits per heavy atom. The molecule has 5 heteroatoms. The van der Waals surface area contributed by atoms with E-state index < -0.39 is 0 Å². The molecule has 0 aromatic carbocycles. The number of aryl methyl sites for hydroxylation is 1. The van der Waals surface area contributed by atoms with Crippen LogP contribution in [0.4, 0.5) is 5.13 Å². The molecule has 0 spiro atoms. The Bertz CT molecular complexity index is 490. The Hall–Kier alpha value is -1.10. The molecule has 2 aliphatic rings. The van der Waals surface area contributed by atoms with E-state index in [0.717, 1.165) is 22.5 Å². The second-order valence-corrected chi connectivity index (χ2v) is 6.84. The molecule has 1 aromatic rings. The Labute approximate surface area is 117 Å². The Kier molecular flexibility index (Phi) is 3.25. The van der Waals surface area contributed by atoms with E-state index in [9.17, 15) is 4.79 Å². The summed E-state index contributed by atoms with van der Waals surface area (Å²) < 4.78 is 5.01. The monoisotopic (exact) mass is 280 g/mol. The topological polar surface area (TPSA) is 51.2 Å². The van der Waals surface area contributed by atoms with Gasteiger partial charge in [0.15, 0.2) is 10.8 Å². The first kappa shape index (κ1) is 12.9. The third-order valence-corrected chi connectivity index (χ3v) is 5.12. The van der Waals surface area contributed by atoms with Crippen molar-refractivity contribution in [1.82, 2.24) is 4.98 Å². The van der Waals surface area contributed by atoms with Crippen LogP contribution in [0.25, 0.3) is 0 Å². The van der Waals surface area contributed by atoms with Crippen molar-refractivity contribution < 1.29 is 9.53 Å². The first-order valence-corrected chi connectivity index (χ1v) is 7.85. The van der Waals surface area contributed by atoms with Gasteiger partial charge >= 0.3 is 5.97 Å². The predicted octanol–water partition coefficient (Wildman–Crippen LogP) is 3.23. The number of esters is 1. The standard InChI is InChI=1S/C14H20N2O2S/c1-3-18-12(17)11-9(2)19-13(16-11)15-8-14(6-7-14)10-4-5-10/h10H,3-8H2,1-2H3,(H,15,16). The fourth-order valence-electron chi connectivity index (χ4n) is 2.70. The van der Waals surface area contributed by atoms with Gasteiger partial charge in [-0.3, -0.25) is 0 Å². The molecule has 0 amide bonds. The molecular formula is C14H20N2O2S. The zero-order chi connectivity index (χ0) is 13.5. The van der Waals surface area contributed by atoms with Crippen LogP contribution in [-0.4, -0.2) is 24.1 Å². The molecule has 104 valence electrons. The molecule has 2 fully saturated rings. The van der Waals surface area contributed by atoms with Gasteiger partial charge in [0, 0.05) is 11.4 Å². The van der Waals surface area contributed by atoms with Crippen molar-refractivity contribution in [2.24, 2.45) is 11.3 Å². The fraction of sp³-hybridized carbons (Fsp3) is 0.714. The molecule has 1 aromatic heterocycles. The van der Waals surface area contributed by atoms with Gasteiger partial charge in [-0.2, -0.15) is 0 Å². The number of carbonyl (C=O) groups is 1. The zero-order valence-electron chi connectivity index (χ0n) is 11.5. The highest BCUT2D eigenvalue weighted by Crippen LogP contribution is 2.61. The lowest BCUT2D eigenvalue weighted by Gasteiger charge is -2.13. The van der Waals surface area contributed by atoms with Crippen molar-refractivity contribution in [3.05, 3.63) is 10.6 Å². The molecule has 0 aliphatic heterocycles. The van der Waals surface area contributed by atoms with Gasteiger partial charge in [-0.1, -0.05) is 0 Å². The summed E-state index contributed by atoms with van der Waals surface area (Å²) >= 11 is 1.55. The van der Waals surface area contributed by atoms with E-state index >= 15 is 0 Å². The number of anilines is 1. The Morgan fingerprint density at radius 3 is 2.84 bits per heavy atom. The van der Waals surface area contributed by atoms with Crippen molar-refractivity contribution >= 4 is 22.4 Å². The Balaban J connectivity index is 1.62. The van der Waals surface area contributed by atoms with Crippen LogP contribution in [-0.2, 0) is 4.74 Å². The molecule has 0 unspecified atom stereocenters. The van der Waals surface area contributed by atoms with E-state index in [1.165, 1.54) is 25.7 Å². The molecule has 2 saturated carbocycles. The van der Waals surface area contributed by atoms with E-state index in [1.54, 1.807) is 11.3 Å². The molecule has 0 bridgehead atoms. The molecule has 19 heavy (non-hydrogen) atoms.